The van der Waals surface area contributed by atoms with Gasteiger partial charge in [0.05, 0.1) is 41.3 Å². The number of likely N-dealkylation sites (tertiary alicyclic amines) is 1. The molecule has 268 valence electrons. The largest absolute Gasteiger partial charge is 0.481 e. The summed E-state index contributed by atoms with van der Waals surface area (Å²) < 4.78 is 1.71. The highest BCUT2D eigenvalue weighted by Gasteiger charge is 2.39. The van der Waals surface area contributed by atoms with Crippen LogP contribution in [-0.4, -0.2) is 79.8 Å². The fraction of sp³-hybridized carbons (Fsp3) is 0.590. The molecule has 1 saturated carbocycles. The lowest BCUT2D eigenvalue weighted by Gasteiger charge is -2.39. The number of rotatable bonds is 11. The normalized spacial score (nSPS) is 21.0. The SMILES string of the molecule is CCCC1CCC(C2CCN(c3cnc(-c4ccc(C[C@H](NC(=O)c5cnn(C(C)(C)C)c5)C(=O)N5CC(C(=O)O)C5)cc4)nc3)CC2)CC1. The minimum atomic E-state index is -0.922. The molecule has 1 atom stereocenters. The molecule has 11 nitrogen and oxygen atoms in total. The summed E-state index contributed by atoms with van der Waals surface area (Å²) in [5.74, 6) is 1.12. The maximum Gasteiger partial charge on any atom is 0.310 e. The first-order valence-corrected chi connectivity index (χ1v) is 18.5. The van der Waals surface area contributed by atoms with E-state index in [0.717, 1.165) is 47.7 Å². The smallest absolute Gasteiger partial charge is 0.310 e. The average molecular weight is 684 g/mol. The summed E-state index contributed by atoms with van der Waals surface area (Å²) in [5, 5.41) is 16.5. The minimum absolute atomic E-state index is 0.132. The van der Waals surface area contributed by atoms with E-state index in [-0.39, 0.29) is 31.0 Å². The molecule has 3 aromatic rings. The lowest BCUT2D eigenvalue weighted by molar-refractivity contribution is -0.153. The van der Waals surface area contributed by atoms with Crippen molar-refractivity contribution in [3.63, 3.8) is 0 Å². The van der Waals surface area contributed by atoms with Crippen LogP contribution >= 0.6 is 0 Å². The summed E-state index contributed by atoms with van der Waals surface area (Å²) in [4.78, 5) is 51.4. The maximum atomic E-state index is 13.5. The number of piperidine rings is 1. The van der Waals surface area contributed by atoms with Crippen molar-refractivity contribution in [3.05, 3.63) is 60.2 Å². The van der Waals surface area contributed by atoms with Crippen LogP contribution in [0.1, 0.15) is 95.0 Å². The topological polar surface area (TPSA) is 134 Å². The Morgan fingerprint density at radius 2 is 1.56 bits per heavy atom. The summed E-state index contributed by atoms with van der Waals surface area (Å²) in [7, 11) is 0. The summed E-state index contributed by atoms with van der Waals surface area (Å²) in [6.45, 7) is 10.6. The molecule has 2 aromatic heterocycles. The number of aliphatic carboxylic acids is 1. The van der Waals surface area contributed by atoms with E-state index < -0.39 is 23.8 Å². The van der Waals surface area contributed by atoms with Gasteiger partial charge in [-0.15, -0.1) is 0 Å². The predicted molar refractivity (Wildman–Crippen MR) is 193 cm³/mol. The Morgan fingerprint density at radius 1 is 0.920 bits per heavy atom. The maximum absolute atomic E-state index is 13.5. The van der Waals surface area contributed by atoms with Gasteiger partial charge in [0.1, 0.15) is 6.04 Å². The van der Waals surface area contributed by atoms with Crippen molar-refractivity contribution in [3.8, 4) is 11.4 Å². The number of benzene rings is 1. The van der Waals surface area contributed by atoms with Gasteiger partial charge in [0, 0.05) is 44.4 Å². The first-order chi connectivity index (χ1) is 24.0. The first-order valence-electron chi connectivity index (χ1n) is 18.5. The van der Waals surface area contributed by atoms with Crippen molar-refractivity contribution in [2.24, 2.45) is 23.7 Å². The Kier molecular flexibility index (Phi) is 10.9. The van der Waals surface area contributed by atoms with E-state index in [9.17, 15) is 19.5 Å². The Balaban J connectivity index is 1.06. The van der Waals surface area contributed by atoms with Gasteiger partial charge in [-0.1, -0.05) is 56.9 Å². The van der Waals surface area contributed by atoms with Gasteiger partial charge >= 0.3 is 5.97 Å². The van der Waals surface area contributed by atoms with Crippen LogP contribution in [0, 0.1) is 23.7 Å². The predicted octanol–water partition coefficient (Wildman–Crippen LogP) is 5.80. The number of nitrogens with one attached hydrogen (secondary N) is 1. The molecule has 1 aromatic carbocycles. The second-order valence-corrected chi connectivity index (χ2v) is 15.7. The highest BCUT2D eigenvalue weighted by atomic mass is 16.4. The van der Waals surface area contributed by atoms with Crippen LogP contribution in [0.3, 0.4) is 0 Å². The number of carboxylic acid groups (broad SMARTS) is 1. The van der Waals surface area contributed by atoms with Gasteiger partial charge in [-0.3, -0.25) is 19.1 Å². The lowest BCUT2D eigenvalue weighted by atomic mass is 9.72. The number of anilines is 1. The van der Waals surface area contributed by atoms with Crippen molar-refractivity contribution >= 4 is 23.5 Å². The van der Waals surface area contributed by atoms with E-state index in [1.165, 1.54) is 62.5 Å². The number of carbonyl (C=O) groups excluding carboxylic acids is 2. The van der Waals surface area contributed by atoms with Crippen LogP contribution < -0.4 is 10.2 Å². The molecule has 3 fully saturated rings. The van der Waals surface area contributed by atoms with Gasteiger partial charge in [-0.25, -0.2) is 9.97 Å². The van der Waals surface area contributed by atoms with Gasteiger partial charge in [0.25, 0.3) is 5.91 Å². The van der Waals surface area contributed by atoms with Crippen molar-refractivity contribution < 1.29 is 19.5 Å². The van der Waals surface area contributed by atoms with Gasteiger partial charge in [0.15, 0.2) is 5.82 Å². The fourth-order valence-electron chi connectivity index (χ4n) is 7.93. The van der Waals surface area contributed by atoms with Crippen LogP contribution in [0.2, 0.25) is 0 Å². The molecule has 0 spiro atoms. The summed E-state index contributed by atoms with van der Waals surface area (Å²) in [6, 6.07) is 6.86. The first kappa shape index (κ1) is 35.5. The quantitative estimate of drug-likeness (QED) is 0.259. The van der Waals surface area contributed by atoms with Gasteiger partial charge in [0.2, 0.25) is 5.91 Å². The molecule has 1 aliphatic carbocycles. The van der Waals surface area contributed by atoms with Crippen LogP contribution in [-0.2, 0) is 21.5 Å². The summed E-state index contributed by atoms with van der Waals surface area (Å²) in [5.41, 5.74) is 2.84. The Hall–Kier alpha value is -4.28. The zero-order chi connectivity index (χ0) is 35.4. The third-order valence-electron chi connectivity index (χ3n) is 11.1. The number of hydrogen-bond acceptors (Lipinski definition) is 7. The Morgan fingerprint density at radius 3 is 2.14 bits per heavy atom. The second-order valence-electron chi connectivity index (χ2n) is 15.7. The lowest BCUT2D eigenvalue weighted by Crippen LogP contribution is -2.59. The standard InChI is InChI=1S/C39H53N7O4/c1-5-6-26-7-11-28(12-8-26)29-15-17-44(18-16-29)33-21-40-35(41-22-33)30-13-9-27(10-14-30)19-34(37(48)45-23-32(24-45)38(49)50)43-36(47)31-20-42-46(25-31)39(2,3)4/h9-10,13-14,20-22,25-26,28-29,32,34H,5-8,11-12,15-19,23-24H2,1-4H3,(H,43,47)(H,49,50)/t26?,28?,34-/m0/s1. The van der Waals surface area contributed by atoms with Crippen molar-refractivity contribution in [2.75, 3.05) is 31.1 Å². The van der Waals surface area contributed by atoms with E-state index in [2.05, 4.69) is 22.2 Å². The zero-order valence-corrected chi connectivity index (χ0v) is 30.1. The van der Waals surface area contributed by atoms with Crippen LogP contribution in [0.5, 0.6) is 0 Å². The molecule has 2 aliphatic heterocycles. The van der Waals surface area contributed by atoms with E-state index >= 15 is 0 Å². The molecule has 2 N–H and O–H groups in total. The Bertz CT molecular complexity index is 1610. The van der Waals surface area contributed by atoms with E-state index in [1.807, 2.05) is 57.4 Å². The molecule has 2 amide bonds. The molecular weight excluding hydrogens is 630 g/mol. The van der Waals surface area contributed by atoms with E-state index in [0.29, 0.717) is 11.4 Å². The molecule has 50 heavy (non-hydrogen) atoms. The van der Waals surface area contributed by atoms with Gasteiger partial charge < -0.3 is 20.2 Å². The average Bonchev–Trinajstić information content (AvgIpc) is 3.60. The molecule has 6 rings (SSSR count). The molecule has 11 heteroatoms. The highest BCUT2D eigenvalue weighted by molar-refractivity contribution is 5.97. The number of hydrogen-bond donors (Lipinski definition) is 2. The molecule has 0 unspecified atom stereocenters. The zero-order valence-electron chi connectivity index (χ0n) is 30.1. The van der Waals surface area contributed by atoms with Crippen molar-refractivity contribution in [2.45, 2.75) is 97.1 Å². The molecule has 0 radical (unpaired) electrons. The molecule has 0 bridgehead atoms. The van der Waals surface area contributed by atoms with Crippen LogP contribution in [0.25, 0.3) is 11.4 Å². The Labute approximate surface area is 295 Å². The fourth-order valence-corrected chi connectivity index (χ4v) is 7.93. The third kappa shape index (κ3) is 8.36. The van der Waals surface area contributed by atoms with Crippen LogP contribution in [0.4, 0.5) is 5.69 Å². The molecule has 3 aliphatic rings. The third-order valence-corrected chi connectivity index (χ3v) is 11.1. The van der Waals surface area contributed by atoms with E-state index in [1.54, 1.807) is 10.9 Å². The minimum Gasteiger partial charge on any atom is -0.481 e. The number of carbonyl (C=O) groups is 3. The van der Waals surface area contributed by atoms with Gasteiger partial charge in [-0.2, -0.15) is 5.10 Å². The van der Waals surface area contributed by atoms with Crippen molar-refractivity contribution in [1.82, 2.24) is 30.0 Å². The van der Waals surface area contributed by atoms with Crippen molar-refractivity contribution in [1.29, 1.82) is 0 Å². The van der Waals surface area contributed by atoms with Gasteiger partial charge in [-0.05, 0) is 69.8 Å². The number of amides is 2. The molecule has 2 saturated heterocycles. The number of carboxylic acids is 1. The monoisotopic (exact) mass is 683 g/mol. The molecule has 4 heterocycles. The number of nitrogens with zero attached hydrogens (tertiary/aromatic N) is 6. The highest BCUT2D eigenvalue weighted by Crippen LogP contribution is 2.39. The number of aromatic nitrogens is 4. The molecular formula is C39H53N7O4. The second kappa shape index (κ2) is 15.3. The van der Waals surface area contributed by atoms with E-state index in [4.69, 9.17) is 9.97 Å². The van der Waals surface area contributed by atoms with Crippen LogP contribution in [0.15, 0.2) is 49.1 Å². The summed E-state index contributed by atoms with van der Waals surface area (Å²) in [6.07, 6.45) is 18.1. The summed E-state index contributed by atoms with van der Waals surface area (Å²) >= 11 is 0.